The van der Waals surface area contributed by atoms with Crippen LogP contribution in [0.5, 0.6) is 0 Å². The third-order valence-electron chi connectivity index (χ3n) is 2.33. The molecule has 0 radical (unpaired) electrons. The number of hydroxylamine groups is 1. The SMILES string of the molecule is CC(C)/[N+]([O-])=C/c1csc(S(=O)(=O)CCC(F)=C(F)F)n1. The number of halogens is 3. The van der Waals surface area contributed by atoms with Crippen LogP contribution < -0.4 is 0 Å². The van der Waals surface area contributed by atoms with Crippen LogP contribution in [0.3, 0.4) is 0 Å². The summed E-state index contributed by atoms with van der Waals surface area (Å²) in [6, 6.07) is -0.335. The number of aromatic nitrogens is 1. The van der Waals surface area contributed by atoms with Crippen LogP contribution in [0.2, 0.25) is 0 Å². The van der Waals surface area contributed by atoms with Gasteiger partial charge in [0.05, 0.1) is 5.75 Å². The van der Waals surface area contributed by atoms with Gasteiger partial charge in [0.2, 0.25) is 20.4 Å². The van der Waals surface area contributed by atoms with E-state index >= 15 is 0 Å². The lowest BCUT2D eigenvalue weighted by molar-refractivity contribution is -0.487. The number of hydrogen-bond acceptors (Lipinski definition) is 5. The summed E-state index contributed by atoms with van der Waals surface area (Å²) in [5.74, 6) is -2.57. The molecule has 118 valence electrons. The first-order valence-corrected chi connectivity index (χ1v) is 8.35. The van der Waals surface area contributed by atoms with Crippen molar-refractivity contribution >= 4 is 27.4 Å². The number of nitrogens with zero attached hydrogens (tertiary/aromatic N) is 2. The van der Waals surface area contributed by atoms with Gasteiger partial charge >= 0.3 is 6.08 Å². The van der Waals surface area contributed by atoms with E-state index in [0.29, 0.717) is 4.74 Å². The monoisotopic (exact) mass is 342 g/mol. The first kappa shape index (κ1) is 17.6. The zero-order chi connectivity index (χ0) is 16.2. The Labute approximate surface area is 123 Å². The van der Waals surface area contributed by atoms with E-state index in [1.54, 1.807) is 13.8 Å². The summed E-state index contributed by atoms with van der Waals surface area (Å²) in [6.45, 7) is 3.29. The maximum Gasteiger partial charge on any atom is 0.301 e. The molecule has 0 bridgehead atoms. The second kappa shape index (κ2) is 7.03. The van der Waals surface area contributed by atoms with Crippen LogP contribution in [0.1, 0.15) is 26.0 Å². The highest BCUT2D eigenvalue weighted by Crippen LogP contribution is 2.20. The fourth-order valence-electron chi connectivity index (χ4n) is 1.16. The van der Waals surface area contributed by atoms with Crippen LogP contribution in [0.4, 0.5) is 13.2 Å². The Bertz CT molecular complexity index is 662. The lowest BCUT2D eigenvalue weighted by Gasteiger charge is -2.05. The van der Waals surface area contributed by atoms with E-state index in [9.17, 15) is 26.8 Å². The predicted molar refractivity (Wildman–Crippen MR) is 73.1 cm³/mol. The maximum absolute atomic E-state index is 12.6. The van der Waals surface area contributed by atoms with Crippen LogP contribution in [0.15, 0.2) is 21.6 Å². The van der Waals surface area contributed by atoms with E-state index in [4.69, 9.17) is 0 Å². The standard InChI is InChI=1S/C11H13F3N2O3S2/c1-7(2)16(17)5-8-6-20-11(15-8)21(18,19)4-3-9(12)10(13)14/h5-7H,3-4H2,1-2H3/b16-5-. The molecule has 0 unspecified atom stereocenters. The van der Waals surface area contributed by atoms with Crippen molar-refractivity contribution in [3.8, 4) is 0 Å². The lowest BCUT2D eigenvalue weighted by atomic mass is 10.4. The van der Waals surface area contributed by atoms with Crippen LogP contribution in [0, 0.1) is 5.21 Å². The molecule has 0 aliphatic heterocycles. The van der Waals surface area contributed by atoms with Crippen molar-refractivity contribution in [1.29, 1.82) is 0 Å². The molecule has 1 aromatic rings. The molecule has 0 amide bonds. The molecular formula is C11H13F3N2O3S2. The molecule has 0 aromatic carbocycles. The molecule has 0 spiro atoms. The molecule has 0 aliphatic carbocycles. The molecule has 10 heteroatoms. The van der Waals surface area contributed by atoms with Crippen molar-refractivity contribution in [2.45, 2.75) is 30.6 Å². The van der Waals surface area contributed by atoms with Gasteiger partial charge in [-0.2, -0.15) is 8.78 Å². The highest BCUT2D eigenvalue weighted by atomic mass is 32.2. The average Bonchev–Trinajstić information content (AvgIpc) is 2.85. The van der Waals surface area contributed by atoms with Crippen molar-refractivity contribution in [2.24, 2.45) is 0 Å². The zero-order valence-electron chi connectivity index (χ0n) is 11.2. The highest BCUT2D eigenvalue weighted by Gasteiger charge is 2.21. The van der Waals surface area contributed by atoms with Gasteiger partial charge in [0, 0.05) is 11.8 Å². The summed E-state index contributed by atoms with van der Waals surface area (Å²) in [5, 5.41) is 12.7. The molecule has 21 heavy (non-hydrogen) atoms. The van der Waals surface area contributed by atoms with E-state index in [-0.39, 0.29) is 16.1 Å². The Balaban J connectivity index is 2.89. The first-order chi connectivity index (χ1) is 9.63. The van der Waals surface area contributed by atoms with Gasteiger partial charge in [-0.15, -0.1) is 11.3 Å². The minimum absolute atomic E-state index is 0.148. The first-order valence-electron chi connectivity index (χ1n) is 5.81. The van der Waals surface area contributed by atoms with Gasteiger partial charge in [-0.25, -0.2) is 22.5 Å². The van der Waals surface area contributed by atoms with Crippen molar-refractivity contribution in [2.75, 3.05) is 5.75 Å². The summed E-state index contributed by atoms with van der Waals surface area (Å²) in [7, 11) is -3.96. The Morgan fingerprint density at radius 3 is 2.62 bits per heavy atom. The van der Waals surface area contributed by atoms with Crippen LogP contribution in [-0.2, 0) is 9.84 Å². The summed E-state index contributed by atoms with van der Waals surface area (Å²) >= 11 is 0.748. The van der Waals surface area contributed by atoms with Gasteiger partial charge in [-0.3, -0.25) is 0 Å². The predicted octanol–water partition coefficient (Wildman–Crippen LogP) is 2.72. The zero-order valence-corrected chi connectivity index (χ0v) is 12.8. The summed E-state index contributed by atoms with van der Waals surface area (Å²) in [6.07, 6.45) is -2.32. The average molecular weight is 342 g/mol. The molecule has 5 nitrogen and oxygen atoms in total. The molecule has 0 saturated heterocycles. The lowest BCUT2D eigenvalue weighted by Crippen LogP contribution is -2.15. The maximum atomic E-state index is 12.6. The van der Waals surface area contributed by atoms with Gasteiger partial charge in [0.1, 0.15) is 5.69 Å². The number of rotatable bonds is 6. The van der Waals surface area contributed by atoms with Crippen LogP contribution >= 0.6 is 11.3 Å². The van der Waals surface area contributed by atoms with Gasteiger partial charge in [0.25, 0.3) is 0 Å². The van der Waals surface area contributed by atoms with Gasteiger partial charge in [-0.1, -0.05) is 0 Å². The molecule has 0 saturated carbocycles. The number of thiazole rings is 1. The largest absolute Gasteiger partial charge is 0.624 e. The van der Waals surface area contributed by atoms with Crippen molar-refractivity contribution in [3.63, 3.8) is 0 Å². The Morgan fingerprint density at radius 2 is 2.10 bits per heavy atom. The quantitative estimate of drug-likeness (QED) is 0.345. The van der Waals surface area contributed by atoms with Crippen molar-refractivity contribution in [3.05, 3.63) is 28.2 Å². The molecule has 1 rings (SSSR count). The fourth-order valence-corrected chi connectivity index (χ4v) is 3.50. The second-order valence-corrected chi connectivity index (χ2v) is 7.50. The highest BCUT2D eigenvalue weighted by molar-refractivity contribution is 7.93. The molecule has 0 N–H and O–H groups in total. The molecule has 1 aromatic heterocycles. The Hall–Kier alpha value is -1.42. The van der Waals surface area contributed by atoms with Gasteiger partial charge < -0.3 is 5.21 Å². The fraction of sp³-hybridized carbons (Fsp3) is 0.455. The third-order valence-corrected chi connectivity index (χ3v) is 5.40. The second-order valence-electron chi connectivity index (χ2n) is 4.36. The van der Waals surface area contributed by atoms with E-state index in [0.717, 1.165) is 17.6 Å². The minimum atomic E-state index is -3.96. The molecule has 0 aliphatic rings. The molecular weight excluding hydrogens is 329 g/mol. The van der Waals surface area contributed by atoms with Gasteiger partial charge in [-0.05, 0) is 13.8 Å². The topological polar surface area (TPSA) is 73.1 Å². The van der Waals surface area contributed by atoms with Gasteiger partial charge in [0.15, 0.2) is 11.9 Å². The molecule has 0 atom stereocenters. The number of hydrogen-bond donors (Lipinski definition) is 0. The number of allylic oxidation sites excluding steroid dienone is 1. The Kier molecular flexibility index (Phi) is 5.90. The van der Waals surface area contributed by atoms with E-state index < -0.39 is 33.9 Å². The summed E-state index contributed by atoms with van der Waals surface area (Å²) < 4.78 is 60.3. The molecule has 0 fully saturated rings. The summed E-state index contributed by atoms with van der Waals surface area (Å²) in [5.41, 5.74) is 0.148. The number of sulfone groups is 1. The third kappa shape index (κ3) is 5.12. The van der Waals surface area contributed by atoms with Crippen LogP contribution in [0.25, 0.3) is 0 Å². The summed E-state index contributed by atoms with van der Waals surface area (Å²) in [4.78, 5) is 3.73. The van der Waals surface area contributed by atoms with Crippen molar-refractivity contribution < 1.29 is 26.3 Å². The van der Waals surface area contributed by atoms with Crippen LogP contribution in [-0.4, -0.2) is 36.1 Å². The molecule has 1 heterocycles. The van der Waals surface area contributed by atoms with Crippen molar-refractivity contribution in [1.82, 2.24) is 4.98 Å². The van der Waals surface area contributed by atoms with E-state index in [1.165, 1.54) is 5.38 Å². The van der Waals surface area contributed by atoms with E-state index in [2.05, 4.69) is 4.98 Å². The normalized spacial score (nSPS) is 12.8. The minimum Gasteiger partial charge on any atom is -0.624 e. The smallest absolute Gasteiger partial charge is 0.301 e. The van der Waals surface area contributed by atoms with E-state index in [1.807, 2.05) is 0 Å². The Morgan fingerprint density at radius 1 is 1.48 bits per heavy atom.